The Bertz CT molecular complexity index is 1080. The molecule has 0 spiro atoms. The molecule has 0 fully saturated rings. The van der Waals surface area contributed by atoms with Crippen LogP contribution in [0.4, 0.5) is 11.4 Å². The number of fused-ring (bicyclic) bond motifs is 1. The first-order valence-corrected chi connectivity index (χ1v) is 8.89. The number of carbonyl (C=O) groups excluding carboxylic acids is 3. The number of anilines is 2. The van der Waals surface area contributed by atoms with E-state index >= 15 is 0 Å². The summed E-state index contributed by atoms with van der Waals surface area (Å²) in [5, 5.41) is 0. The number of hydrogen-bond acceptors (Lipinski definition) is 5. The fourth-order valence-electron chi connectivity index (χ4n) is 3.14. The fourth-order valence-corrected chi connectivity index (χ4v) is 3.14. The maximum atomic E-state index is 13.0. The Kier molecular flexibility index (Phi) is 4.70. The Hall–Kier alpha value is -4.13. The largest absolute Gasteiger partial charge is 0.305 e. The molecule has 3 aromatic rings. The molecule has 1 aromatic heterocycles. The molecule has 0 N–H and O–H groups in total. The van der Waals surface area contributed by atoms with Gasteiger partial charge in [0, 0.05) is 30.2 Å². The van der Waals surface area contributed by atoms with Crippen LogP contribution in [0, 0.1) is 0 Å². The number of aromatic nitrogens is 2. The summed E-state index contributed by atoms with van der Waals surface area (Å²) in [6.45, 7) is 4.07. The SMILES string of the molecule is C=CCN(C(=O)c1ccc(N2C(=O)c3nccnc3C2=O)cc1)c1ccccc1. The van der Waals surface area contributed by atoms with Crippen LogP contribution in [0.2, 0.25) is 0 Å². The molecule has 2 aromatic carbocycles. The number of hydrogen-bond donors (Lipinski definition) is 0. The van der Waals surface area contributed by atoms with Crippen LogP contribution in [0.1, 0.15) is 31.3 Å². The first kappa shape index (κ1) is 18.2. The van der Waals surface area contributed by atoms with Crippen LogP contribution in [0.5, 0.6) is 0 Å². The third-order valence-electron chi connectivity index (χ3n) is 4.51. The summed E-state index contributed by atoms with van der Waals surface area (Å²) in [5.41, 5.74) is 1.58. The number of rotatable bonds is 5. The van der Waals surface area contributed by atoms with Crippen molar-refractivity contribution in [1.82, 2.24) is 9.97 Å². The minimum absolute atomic E-state index is 0.0267. The zero-order valence-electron chi connectivity index (χ0n) is 15.4. The van der Waals surface area contributed by atoms with Gasteiger partial charge < -0.3 is 4.90 Å². The molecular weight excluding hydrogens is 368 g/mol. The van der Waals surface area contributed by atoms with Crippen LogP contribution in [-0.4, -0.2) is 34.2 Å². The predicted octanol–water partition coefficient (Wildman–Crippen LogP) is 3.11. The topological polar surface area (TPSA) is 83.5 Å². The van der Waals surface area contributed by atoms with E-state index in [0.717, 1.165) is 10.6 Å². The van der Waals surface area contributed by atoms with E-state index in [1.807, 2.05) is 30.3 Å². The van der Waals surface area contributed by atoms with Gasteiger partial charge in [-0.15, -0.1) is 6.58 Å². The van der Waals surface area contributed by atoms with Crippen molar-refractivity contribution in [3.8, 4) is 0 Å². The average molecular weight is 384 g/mol. The third kappa shape index (κ3) is 3.19. The molecule has 0 bridgehead atoms. The average Bonchev–Trinajstić information content (AvgIpc) is 3.03. The monoisotopic (exact) mass is 384 g/mol. The van der Waals surface area contributed by atoms with Gasteiger partial charge in [-0.25, -0.2) is 14.9 Å². The lowest BCUT2D eigenvalue weighted by Gasteiger charge is -2.22. The zero-order valence-corrected chi connectivity index (χ0v) is 15.4. The quantitative estimate of drug-likeness (QED) is 0.499. The molecule has 0 radical (unpaired) electrons. The van der Waals surface area contributed by atoms with Crippen molar-refractivity contribution in [2.75, 3.05) is 16.3 Å². The molecule has 0 unspecified atom stereocenters. The molecule has 0 aliphatic carbocycles. The molecule has 1 aliphatic heterocycles. The highest BCUT2D eigenvalue weighted by molar-refractivity contribution is 6.33. The van der Waals surface area contributed by atoms with Crippen LogP contribution in [0.3, 0.4) is 0 Å². The van der Waals surface area contributed by atoms with Gasteiger partial charge in [0.15, 0.2) is 11.4 Å². The van der Waals surface area contributed by atoms with E-state index in [9.17, 15) is 14.4 Å². The number of carbonyl (C=O) groups is 3. The lowest BCUT2D eigenvalue weighted by molar-refractivity contribution is 0.0922. The molecule has 0 saturated carbocycles. The van der Waals surface area contributed by atoms with Crippen LogP contribution in [0.25, 0.3) is 0 Å². The summed E-state index contributed by atoms with van der Waals surface area (Å²) < 4.78 is 0. The summed E-state index contributed by atoms with van der Waals surface area (Å²) >= 11 is 0. The van der Waals surface area contributed by atoms with Crippen molar-refractivity contribution in [1.29, 1.82) is 0 Å². The van der Waals surface area contributed by atoms with Crippen LogP contribution >= 0.6 is 0 Å². The molecule has 3 amide bonds. The normalized spacial score (nSPS) is 12.6. The second-order valence-corrected chi connectivity index (χ2v) is 6.29. The molecule has 4 rings (SSSR count). The van der Waals surface area contributed by atoms with Gasteiger partial charge in [0.05, 0.1) is 5.69 Å². The molecule has 7 heteroatoms. The fraction of sp³-hybridized carbons (Fsp3) is 0.0455. The molecular formula is C22H16N4O3. The number of imide groups is 1. The Morgan fingerprint density at radius 3 is 2.07 bits per heavy atom. The van der Waals surface area contributed by atoms with Crippen molar-refractivity contribution in [2.24, 2.45) is 0 Å². The number of amides is 3. The predicted molar refractivity (Wildman–Crippen MR) is 108 cm³/mol. The van der Waals surface area contributed by atoms with E-state index in [-0.39, 0.29) is 17.3 Å². The Balaban J connectivity index is 1.61. The van der Waals surface area contributed by atoms with Crippen molar-refractivity contribution >= 4 is 29.1 Å². The summed E-state index contributed by atoms with van der Waals surface area (Å²) in [4.78, 5) is 48.5. The van der Waals surface area contributed by atoms with Gasteiger partial charge in [-0.1, -0.05) is 24.3 Å². The smallest absolute Gasteiger partial charge is 0.286 e. The third-order valence-corrected chi connectivity index (χ3v) is 4.51. The van der Waals surface area contributed by atoms with Crippen molar-refractivity contribution in [3.05, 3.63) is 96.6 Å². The van der Waals surface area contributed by atoms with E-state index in [0.29, 0.717) is 17.8 Å². The van der Waals surface area contributed by atoms with Gasteiger partial charge in [0.1, 0.15) is 0 Å². The van der Waals surface area contributed by atoms with E-state index in [2.05, 4.69) is 16.5 Å². The zero-order chi connectivity index (χ0) is 20.4. The Morgan fingerprint density at radius 2 is 1.52 bits per heavy atom. The van der Waals surface area contributed by atoms with Gasteiger partial charge in [-0.3, -0.25) is 14.4 Å². The lowest BCUT2D eigenvalue weighted by atomic mass is 10.1. The molecule has 29 heavy (non-hydrogen) atoms. The van der Waals surface area contributed by atoms with Gasteiger partial charge in [-0.2, -0.15) is 0 Å². The summed E-state index contributed by atoms with van der Waals surface area (Å²) in [6, 6.07) is 15.6. The standard InChI is InChI=1S/C22H16N4O3/c1-2-14-25(16-6-4-3-5-7-16)20(27)15-8-10-17(11-9-15)26-21(28)18-19(22(26)29)24-13-12-23-18/h2-13H,1,14H2. The van der Waals surface area contributed by atoms with Crippen molar-refractivity contribution in [3.63, 3.8) is 0 Å². The first-order chi connectivity index (χ1) is 14.1. The van der Waals surface area contributed by atoms with Gasteiger partial charge in [0.25, 0.3) is 17.7 Å². The Morgan fingerprint density at radius 1 is 0.931 bits per heavy atom. The van der Waals surface area contributed by atoms with Gasteiger partial charge in [-0.05, 0) is 36.4 Å². The summed E-state index contributed by atoms with van der Waals surface area (Å²) in [6.07, 6.45) is 4.39. The van der Waals surface area contributed by atoms with Gasteiger partial charge >= 0.3 is 0 Å². The number of benzene rings is 2. The second kappa shape index (κ2) is 7.47. The van der Waals surface area contributed by atoms with Crippen molar-refractivity contribution < 1.29 is 14.4 Å². The molecule has 7 nitrogen and oxygen atoms in total. The minimum atomic E-state index is -0.533. The van der Waals surface area contributed by atoms with Gasteiger partial charge in [0.2, 0.25) is 0 Å². The highest BCUT2D eigenvalue weighted by Gasteiger charge is 2.39. The summed E-state index contributed by atoms with van der Waals surface area (Å²) in [5.74, 6) is -1.28. The van der Waals surface area contributed by atoms with E-state index < -0.39 is 11.8 Å². The molecule has 0 atom stereocenters. The van der Waals surface area contributed by atoms with Crippen LogP contribution in [-0.2, 0) is 0 Å². The van der Waals surface area contributed by atoms with Crippen LogP contribution in [0.15, 0.2) is 79.6 Å². The van der Waals surface area contributed by atoms with Crippen LogP contribution < -0.4 is 9.80 Å². The van der Waals surface area contributed by atoms with E-state index in [1.165, 1.54) is 12.4 Å². The minimum Gasteiger partial charge on any atom is -0.305 e. The molecule has 1 aliphatic rings. The second-order valence-electron chi connectivity index (χ2n) is 6.29. The molecule has 142 valence electrons. The highest BCUT2D eigenvalue weighted by atomic mass is 16.2. The number of nitrogens with zero attached hydrogens (tertiary/aromatic N) is 4. The van der Waals surface area contributed by atoms with E-state index in [4.69, 9.17) is 0 Å². The Labute approximate surface area is 166 Å². The lowest BCUT2D eigenvalue weighted by Crippen LogP contribution is -2.31. The maximum absolute atomic E-state index is 13.0. The summed E-state index contributed by atoms with van der Waals surface area (Å²) in [7, 11) is 0. The van der Waals surface area contributed by atoms with Crippen molar-refractivity contribution in [2.45, 2.75) is 0 Å². The van der Waals surface area contributed by atoms with E-state index in [1.54, 1.807) is 35.2 Å². The molecule has 2 heterocycles. The number of para-hydroxylation sites is 1. The molecule has 0 saturated heterocycles. The highest BCUT2D eigenvalue weighted by Crippen LogP contribution is 2.26. The maximum Gasteiger partial charge on any atom is 0.286 e. The first-order valence-electron chi connectivity index (χ1n) is 8.89.